The Hall–Kier alpha value is -3.25. The molecule has 1 aromatic heterocycles. The van der Waals surface area contributed by atoms with Crippen molar-refractivity contribution in [3.05, 3.63) is 71.9 Å². The third-order valence-corrected chi connectivity index (χ3v) is 7.70. The smallest absolute Gasteiger partial charge is 0.272 e. The topological polar surface area (TPSA) is 56.8 Å². The Morgan fingerprint density at radius 1 is 0.943 bits per heavy atom. The lowest BCUT2D eigenvalue weighted by molar-refractivity contribution is -0.118. The molecule has 3 aromatic rings. The van der Waals surface area contributed by atoms with E-state index < -0.39 is 0 Å². The van der Waals surface area contributed by atoms with Crippen molar-refractivity contribution in [3.8, 4) is 0 Å². The van der Waals surface area contributed by atoms with Crippen LogP contribution in [-0.4, -0.2) is 58.8 Å². The molecule has 2 bridgehead atoms. The van der Waals surface area contributed by atoms with Crippen LogP contribution in [0.1, 0.15) is 55.1 Å². The summed E-state index contributed by atoms with van der Waals surface area (Å²) in [5.74, 6) is 0.0643. The summed E-state index contributed by atoms with van der Waals surface area (Å²) in [7, 11) is 2.18. The summed E-state index contributed by atoms with van der Waals surface area (Å²) in [5.41, 5.74) is 3.21. The summed E-state index contributed by atoms with van der Waals surface area (Å²) >= 11 is 0. The van der Waals surface area contributed by atoms with E-state index in [1.165, 1.54) is 0 Å². The van der Waals surface area contributed by atoms with Crippen LogP contribution in [0, 0.1) is 0 Å². The molecule has 2 unspecified atom stereocenters. The van der Waals surface area contributed by atoms with Crippen LogP contribution in [0.15, 0.2) is 60.7 Å². The summed E-state index contributed by atoms with van der Waals surface area (Å²) in [4.78, 5) is 38.0. The van der Waals surface area contributed by atoms with E-state index in [2.05, 4.69) is 11.9 Å². The van der Waals surface area contributed by atoms with Gasteiger partial charge in [0.2, 0.25) is 5.91 Å². The molecule has 5 rings (SSSR count). The minimum atomic E-state index is -0.0614. The molecule has 0 aliphatic carbocycles. The number of amides is 2. The molecule has 35 heavy (non-hydrogen) atoms. The lowest BCUT2D eigenvalue weighted by atomic mass is 9.93. The number of hydrogen-bond donors (Lipinski definition) is 0. The largest absolute Gasteiger partial charge is 0.331 e. The average Bonchev–Trinajstić information content (AvgIpc) is 2.90. The summed E-state index contributed by atoms with van der Waals surface area (Å²) in [6, 6.07) is 20.4. The second kappa shape index (κ2) is 10.2. The molecular formula is C29H34N4O2. The molecule has 2 aliphatic rings. The lowest BCUT2D eigenvalue weighted by Gasteiger charge is -2.41. The van der Waals surface area contributed by atoms with E-state index in [9.17, 15) is 9.59 Å². The van der Waals surface area contributed by atoms with Gasteiger partial charge in [-0.1, -0.05) is 55.8 Å². The minimum absolute atomic E-state index is 0.0614. The van der Waals surface area contributed by atoms with Crippen molar-refractivity contribution in [1.82, 2.24) is 14.8 Å². The van der Waals surface area contributed by atoms with Gasteiger partial charge in [-0.15, -0.1) is 0 Å². The fraction of sp³-hybridized carbons (Fsp3) is 0.414. The van der Waals surface area contributed by atoms with Crippen molar-refractivity contribution in [2.45, 2.75) is 57.7 Å². The average molecular weight is 471 g/mol. The van der Waals surface area contributed by atoms with Crippen molar-refractivity contribution >= 4 is 28.4 Å². The maximum atomic E-state index is 13.9. The van der Waals surface area contributed by atoms with Crippen LogP contribution in [0.25, 0.3) is 10.9 Å². The zero-order chi connectivity index (χ0) is 24.4. The highest BCUT2D eigenvalue weighted by Gasteiger charge is 2.33. The van der Waals surface area contributed by atoms with Crippen LogP contribution in [0.2, 0.25) is 0 Å². The van der Waals surface area contributed by atoms with Gasteiger partial charge in [-0.3, -0.25) is 14.5 Å². The Labute approximate surface area is 207 Å². The quantitative estimate of drug-likeness (QED) is 0.536. The zero-order valence-corrected chi connectivity index (χ0v) is 20.7. The molecule has 0 spiro atoms. The number of benzene rings is 2. The molecule has 0 N–H and O–H groups in total. The highest BCUT2D eigenvalue weighted by molar-refractivity contribution is 5.96. The van der Waals surface area contributed by atoms with Crippen LogP contribution in [0.3, 0.4) is 0 Å². The standard InChI is InChI=1S/C29H34N4O2/c1-3-28(34)33-18-17-23-11-8-12-24(31(23)2)20-32(19-22-10-5-7-14-27(22)33)29(35)26-16-15-21-9-4-6-13-25(21)30-26/h4-7,9-10,13-16,23-24H,3,8,11-12,17-20H2,1-2H3. The van der Waals surface area contributed by atoms with Gasteiger partial charge in [-0.05, 0) is 50.1 Å². The van der Waals surface area contributed by atoms with E-state index in [4.69, 9.17) is 4.98 Å². The van der Waals surface area contributed by atoms with Gasteiger partial charge in [-0.25, -0.2) is 4.98 Å². The van der Waals surface area contributed by atoms with Crippen molar-refractivity contribution in [2.75, 3.05) is 25.0 Å². The fourth-order valence-corrected chi connectivity index (χ4v) is 5.65. The number of fused-ring (bicyclic) bond motifs is 4. The minimum Gasteiger partial charge on any atom is -0.331 e. The second-order valence-corrected chi connectivity index (χ2v) is 9.80. The predicted octanol–water partition coefficient (Wildman–Crippen LogP) is 4.88. The van der Waals surface area contributed by atoms with E-state index in [0.29, 0.717) is 43.8 Å². The number of piperidine rings is 1. The first kappa shape index (κ1) is 23.5. The molecule has 6 heteroatoms. The van der Waals surface area contributed by atoms with Gasteiger partial charge in [0, 0.05) is 49.2 Å². The van der Waals surface area contributed by atoms with Crippen molar-refractivity contribution in [2.24, 2.45) is 0 Å². The second-order valence-electron chi connectivity index (χ2n) is 9.80. The number of pyridine rings is 1. The first-order valence-corrected chi connectivity index (χ1v) is 12.8. The Balaban J connectivity index is 1.56. The van der Waals surface area contributed by atoms with Gasteiger partial charge in [0.15, 0.2) is 0 Å². The summed E-state index contributed by atoms with van der Waals surface area (Å²) < 4.78 is 0. The summed E-state index contributed by atoms with van der Waals surface area (Å²) in [6.07, 6.45) is 4.74. The third-order valence-electron chi connectivity index (χ3n) is 7.70. The van der Waals surface area contributed by atoms with Gasteiger partial charge in [0.1, 0.15) is 5.69 Å². The van der Waals surface area contributed by atoms with E-state index in [1.807, 2.05) is 77.4 Å². The monoisotopic (exact) mass is 470 g/mol. The number of carbonyl (C=O) groups excluding carboxylic acids is 2. The van der Waals surface area contributed by atoms with E-state index >= 15 is 0 Å². The number of likely N-dealkylation sites (N-methyl/N-ethyl adjacent to an activating group) is 1. The first-order chi connectivity index (χ1) is 17.0. The van der Waals surface area contributed by atoms with E-state index in [0.717, 1.165) is 47.8 Å². The molecule has 3 heterocycles. The SMILES string of the molecule is CCC(=O)N1CCC2CCCC(CN(C(=O)c3ccc4ccccc4n3)Cc3ccccc31)N2C. The van der Waals surface area contributed by atoms with E-state index in [1.54, 1.807) is 0 Å². The van der Waals surface area contributed by atoms with Crippen LogP contribution in [0.5, 0.6) is 0 Å². The van der Waals surface area contributed by atoms with Gasteiger partial charge >= 0.3 is 0 Å². The van der Waals surface area contributed by atoms with Gasteiger partial charge < -0.3 is 9.80 Å². The molecule has 182 valence electrons. The highest BCUT2D eigenvalue weighted by atomic mass is 16.2. The molecule has 1 fully saturated rings. The lowest BCUT2D eigenvalue weighted by Crippen LogP contribution is -2.50. The zero-order valence-electron chi connectivity index (χ0n) is 20.7. The highest BCUT2D eigenvalue weighted by Crippen LogP contribution is 2.30. The number of para-hydroxylation sites is 2. The normalized spacial score (nSPS) is 21.3. The van der Waals surface area contributed by atoms with Gasteiger partial charge in [0.25, 0.3) is 5.91 Å². The molecule has 0 saturated carbocycles. The number of hydrogen-bond acceptors (Lipinski definition) is 4. The Morgan fingerprint density at radius 2 is 1.71 bits per heavy atom. The summed E-state index contributed by atoms with van der Waals surface area (Å²) in [6.45, 7) is 3.72. The Bertz CT molecular complexity index is 1230. The molecule has 2 amide bonds. The Morgan fingerprint density at radius 3 is 2.57 bits per heavy atom. The molecule has 2 aromatic carbocycles. The number of anilines is 1. The number of carbonyl (C=O) groups is 2. The van der Waals surface area contributed by atoms with E-state index in [-0.39, 0.29) is 11.8 Å². The van der Waals surface area contributed by atoms with Crippen LogP contribution in [-0.2, 0) is 11.3 Å². The number of rotatable bonds is 2. The molecule has 6 nitrogen and oxygen atoms in total. The van der Waals surface area contributed by atoms with Gasteiger partial charge in [-0.2, -0.15) is 0 Å². The molecular weight excluding hydrogens is 436 g/mol. The maximum absolute atomic E-state index is 13.9. The van der Waals surface area contributed by atoms with Gasteiger partial charge in [0.05, 0.1) is 5.52 Å². The maximum Gasteiger partial charge on any atom is 0.272 e. The third kappa shape index (κ3) is 4.80. The fourth-order valence-electron chi connectivity index (χ4n) is 5.65. The number of nitrogens with zero attached hydrogens (tertiary/aromatic N) is 4. The summed E-state index contributed by atoms with van der Waals surface area (Å²) in [5, 5.41) is 1.02. The number of aromatic nitrogens is 1. The van der Waals surface area contributed by atoms with Crippen LogP contribution in [0.4, 0.5) is 5.69 Å². The predicted molar refractivity (Wildman–Crippen MR) is 139 cm³/mol. The molecule has 1 saturated heterocycles. The molecule has 0 radical (unpaired) electrons. The molecule has 2 aliphatic heterocycles. The van der Waals surface area contributed by atoms with Crippen LogP contribution >= 0.6 is 0 Å². The first-order valence-electron chi connectivity index (χ1n) is 12.8. The molecule has 2 atom stereocenters. The Kier molecular flexibility index (Phi) is 6.82. The van der Waals surface area contributed by atoms with Crippen LogP contribution < -0.4 is 4.90 Å². The van der Waals surface area contributed by atoms with Crippen molar-refractivity contribution < 1.29 is 9.59 Å². The van der Waals surface area contributed by atoms with Crippen molar-refractivity contribution in [3.63, 3.8) is 0 Å². The van der Waals surface area contributed by atoms with Crippen molar-refractivity contribution in [1.29, 1.82) is 0 Å².